The molecule has 2 rings (SSSR count). The SMILES string of the molecule is NCCc1c(Cl)cccc1OCc1cccs1. The Kier molecular flexibility index (Phi) is 4.42. The highest BCUT2D eigenvalue weighted by Crippen LogP contribution is 2.27. The zero-order valence-electron chi connectivity index (χ0n) is 9.36. The van der Waals surface area contributed by atoms with Crippen LogP contribution in [0.15, 0.2) is 35.7 Å². The molecule has 0 radical (unpaired) electrons. The van der Waals surface area contributed by atoms with Crippen LogP contribution in [0.4, 0.5) is 0 Å². The number of benzene rings is 1. The summed E-state index contributed by atoms with van der Waals surface area (Å²) in [5.41, 5.74) is 6.57. The van der Waals surface area contributed by atoms with Gasteiger partial charge in [-0.2, -0.15) is 0 Å². The first-order valence-electron chi connectivity index (χ1n) is 5.44. The van der Waals surface area contributed by atoms with Crippen molar-refractivity contribution in [1.29, 1.82) is 0 Å². The van der Waals surface area contributed by atoms with E-state index in [2.05, 4.69) is 6.07 Å². The Bertz CT molecular complexity index is 470. The second-order valence-corrected chi connectivity index (χ2v) is 5.06. The number of thiophene rings is 1. The minimum Gasteiger partial charge on any atom is -0.488 e. The fraction of sp³-hybridized carbons (Fsp3) is 0.231. The van der Waals surface area contributed by atoms with E-state index in [1.807, 2.05) is 29.6 Å². The summed E-state index contributed by atoms with van der Waals surface area (Å²) in [4.78, 5) is 1.20. The predicted octanol–water partition coefficient (Wildman–Crippen LogP) is 3.48. The van der Waals surface area contributed by atoms with Crippen LogP contribution in [-0.4, -0.2) is 6.54 Å². The Hall–Kier alpha value is -1.03. The lowest BCUT2D eigenvalue weighted by Crippen LogP contribution is -2.05. The number of hydrogen-bond acceptors (Lipinski definition) is 3. The van der Waals surface area contributed by atoms with Crippen molar-refractivity contribution >= 4 is 22.9 Å². The lowest BCUT2D eigenvalue weighted by atomic mass is 10.1. The van der Waals surface area contributed by atoms with Crippen LogP contribution in [0.25, 0.3) is 0 Å². The molecule has 0 bridgehead atoms. The lowest BCUT2D eigenvalue weighted by molar-refractivity contribution is 0.306. The summed E-state index contributed by atoms with van der Waals surface area (Å²) in [7, 11) is 0. The van der Waals surface area contributed by atoms with E-state index in [0.717, 1.165) is 22.8 Å². The van der Waals surface area contributed by atoms with Crippen molar-refractivity contribution in [2.24, 2.45) is 5.73 Å². The molecular weight excluding hydrogens is 254 g/mol. The van der Waals surface area contributed by atoms with Crippen LogP contribution < -0.4 is 10.5 Å². The van der Waals surface area contributed by atoms with E-state index >= 15 is 0 Å². The molecule has 0 amide bonds. The van der Waals surface area contributed by atoms with Crippen molar-refractivity contribution in [2.75, 3.05) is 6.54 Å². The maximum Gasteiger partial charge on any atom is 0.124 e. The van der Waals surface area contributed by atoms with Crippen LogP contribution in [0.2, 0.25) is 5.02 Å². The monoisotopic (exact) mass is 267 g/mol. The van der Waals surface area contributed by atoms with Crippen LogP contribution in [0, 0.1) is 0 Å². The van der Waals surface area contributed by atoms with Crippen molar-refractivity contribution in [1.82, 2.24) is 0 Å². The van der Waals surface area contributed by atoms with Gasteiger partial charge in [-0.05, 0) is 36.5 Å². The van der Waals surface area contributed by atoms with Crippen LogP contribution in [0.1, 0.15) is 10.4 Å². The molecule has 2 aromatic rings. The van der Waals surface area contributed by atoms with Crippen LogP contribution in [0.3, 0.4) is 0 Å². The molecule has 1 heterocycles. The molecule has 17 heavy (non-hydrogen) atoms. The molecule has 0 atom stereocenters. The fourth-order valence-corrected chi connectivity index (χ4v) is 2.48. The van der Waals surface area contributed by atoms with E-state index in [-0.39, 0.29) is 0 Å². The first-order valence-corrected chi connectivity index (χ1v) is 6.69. The van der Waals surface area contributed by atoms with Gasteiger partial charge in [0.05, 0.1) is 0 Å². The van der Waals surface area contributed by atoms with Gasteiger partial charge in [0.2, 0.25) is 0 Å². The summed E-state index contributed by atoms with van der Waals surface area (Å²) >= 11 is 7.82. The number of hydrogen-bond donors (Lipinski definition) is 1. The van der Waals surface area contributed by atoms with Gasteiger partial charge < -0.3 is 10.5 Å². The van der Waals surface area contributed by atoms with Gasteiger partial charge in [-0.25, -0.2) is 0 Å². The molecule has 2 nitrogen and oxygen atoms in total. The second kappa shape index (κ2) is 6.05. The van der Waals surface area contributed by atoms with Crippen LogP contribution in [-0.2, 0) is 13.0 Å². The summed E-state index contributed by atoms with van der Waals surface area (Å²) in [6, 6.07) is 9.76. The third kappa shape index (κ3) is 3.22. The Morgan fingerprint density at radius 1 is 1.24 bits per heavy atom. The minimum atomic E-state index is 0.569. The van der Waals surface area contributed by atoms with E-state index in [9.17, 15) is 0 Å². The third-order valence-electron chi connectivity index (χ3n) is 2.42. The van der Waals surface area contributed by atoms with Gasteiger partial charge in [0, 0.05) is 15.5 Å². The Morgan fingerprint density at radius 2 is 2.12 bits per heavy atom. The normalized spacial score (nSPS) is 10.5. The van der Waals surface area contributed by atoms with Gasteiger partial charge in [-0.1, -0.05) is 23.7 Å². The second-order valence-electron chi connectivity index (χ2n) is 3.62. The highest BCUT2D eigenvalue weighted by Gasteiger charge is 2.07. The van der Waals surface area contributed by atoms with Crippen LogP contribution >= 0.6 is 22.9 Å². The molecule has 0 aliphatic heterocycles. The molecule has 1 aromatic heterocycles. The summed E-state index contributed by atoms with van der Waals surface area (Å²) in [6.45, 7) is 1.15. The molecule has 0 aliphatic carbocycles. The summed E-state index contributed by atoms with van der Waals surface area (Å²) in [5, 5.41) is 2.76. The average Bonchev–Trinajstić information content (AvgIpc) is 2.83. The summed E-state index contributed by atoms with van der Waals surface area (Å²) in [5.74, 6) is 0.830. The molecule has 0 saturated heterocycles. The molecule has 2 N–H and O–H groups in total. The van der Waals surface area contributed by atoms with E-state index in [1.54, 1.807) is 11.3 Å². The van der Waals surface area contributed by atoms with E-state index < -0.39 is 0 Å². The van der Waals surface area contributed by atoms with Gasteiger partial charge in [-0.3, -0.25) is 0 Å². The smallest absolute Gasteiger partial charge is 0.124 e. The molecular formula is C13H14ClNOS. The minimum absolute atomic E-state index is 0.569. The van der Waals surface area contributed by atoms with Crippen molar-refractivity contribution in [2.45, 2.75) is 13.0 Å². The van der Waals surface area contributed by atoms with Crippen molar-refractivity contribution in [3.8, 4) is 5.75 Å². The molecule has 1 aromatic carbocycles. The molecule has 4 heteroatoms. The molecule has 0 spiro atoms. The maximum atomic E-state index is 6.14. The van der Waals surface area contributed by atoms with E-state index in [0.29, 0.717) is 13.2 Å². The number of ether oxygens (including phenoxy) is 1. The largest absolute Gasteiger partial charge is 0.488 e. The van der Waals surface area contributed by atoms with Gasteiger partial charge in [-0.15, -0.1) is 11.3 Å². The standard InChI is InChI=1S/C13H14ClNOS/c14-12-4-1-5-13(11(12)6-7-15)16-9-10-3-2-8-17-10/h1-5,8H,6-7,9,15H2. The first kappa shape index (κ1) is 12.4. The van der Waals surface area contributed by atoms with Crippen molar-refractivity contribution in [3.05, 3.63) is 51.2 Å². The average molecular weight is 268 g/mol. The first-order chi connectivity index (χ1) is 8.31. The van der Waals surface area contributed by atoms with Gasteiger partial charge in [0.15, 0.2) is 0 Å². The van der Waals surface area contributed by atoms with E-state index in [1.165, 1.54) is 4.88 Å². The highest BCUT2D eigenvalue weighted by molar-refractivity contribution is 7.09. The zero-order valence-corrected chi connectivity index (χ0v) is 10.9. The summed E-state index contributed by atoms with van der Waals surface area (Å²) < 4.78 is 5.79. The number of halogens is 1. The number of nitrogens with two attached hydrogens (primary N) is 1. The van der Waals surface area contributed by atoms with Crippen molar-refractivity contribution in [3.63, 3.8) is 0 Å². The molecule has 90 valence electrons. The Balaban J connectivity index is 2.11. The number of rotatable bonds is 5. The van der Waals surface area contributed by atoms with E-state index in [4.69, 9.17) is 22.1 Å². The van der Waals surface area contributed by atoms with Gasteiger partial charge in [0.25, 0.3) is 0 Å². The van der Waals surface area contributed by atoms with Crippen molar-refractivity contribution < 1.29 is 4.74 Å². The predicted molar refractivity (Wildman–Crippen MR) is 72.9 cm³/mol. The Morgan fingerprint density at radius 3 is 2.82 bits per heavy atom. The van der Waals surface area contributed by atoms with Gasteiger partial charge >= 0.3 is 0 Å². The highest BCUT2D eigenvalue weighted by atomic mass is 35.5. The Labute approximate surface area is 110 Å². The topological polar surface area (TPSA) is 35.2 Å². The summed E-state index contributed by atoms with van der Waals surface area (Å²) in [6.07, 6.45) is 0.736. The third-order valence-corrected chi connectivity index (χ3v) is 3.62. The molecule has 0 unspecified atom stereocenters. The molecule has 0 fully saturated rings. The molecule has 0 saturated carbocycles. The molecule has 0 aliphatic rings. The lowest BCUT2D eigenvalue weighted by Gasteiger charge is -2.11. The fourth-order valence-electron chi connectivity index (χ4n) is 1.60. The quantitative estimate of drug-likeness (QED) is 0.900. The van der Waals surface area contributed by atoms with Crippen LogP contribution in [0.5, 0.6) is 5.75 Å². The maximum absolute atomic E-state index is 6.14. The van der Waals surface area contributed by atoms with Gasteiger partial charge in [0.1, 0.15) is 12.4 Å². The zero-order chi connectivity index (χ0) is 12.1.